The van der Waals surface area contributed by atoms with Gasteiger partial charge < -0.3 is 14.8 Å². The molecule has 2 aromatic rings. The maximum atomic E-state index is 12.5. The van der Waals surface area contributed by atoms with Gasteiger partial charge in [0.2, 0.25) is 5.88 Å². The van der Waals surface area contributed by atoms with E-state index in [0.717, 1.165) is 11.1 Å². The van der Waals surface area contributed by atoms with E-state index in [2.05, 4.69) is 10.3 Å². The molecule has 0 spiro atoms. The number of nitrogens with one attached hydrogen (secondary N) is 1. The van der Waals surface area contributed by atoms with Crippen LogP contribution in [0.2, 0.25) is 0 Å². The van der Waals surface area contributed by atoms with Crippen LogP contribution in [-0.2, 0) is 9.53 Å². The summed E-state index contributed by atoms with van der Waals surface area (Å²) in [7, 11) is 1.33. The summed E-state index contributed by atoms with van der Waals surface area (Å²) < 4.78 is 10.0. The summed E-state index contributed by atoms with van der Waals surface area (Å²) in [6.07, 6.45) is 1.50. The van der Waals surface area contributed by atoms with Gasteiger partial charge in [0.1, 0.15) is 0 Å². The number of aromatic nitrogens is 1. The molecule has 0 saturated carbocycles. The van der Waals surface area contributed by atoms with E-state index in [4.69, 9.17) is 9.47 Å². The van der Waals surface area contributed by atoms with Crippen molar-refractivity contribution in [1.82, 2.24) is 10.3 Å². The van der Waals surface area contributed by atoms with Crippen LogP contribution in [0.15, 0.2) is 42.6 Å². The minimum atomic E-state index is -0.480. The van der Waals surface area contributed by atoms with Gasteiger partial charge in [-0.2, -0.15) is 0 Å². The van der Waals surface area contributed by atoms with E-state index in [1.807, 2.05) is 38.1 Å². The molecule has 1 aromatic heterocycles. The van der Waals surface area contributed by atoms with Crippen molar-refractivity contribution in [3.63, 3.8) is 0 Å². The molecule has 1 heterocycles. The number of hydrogen-bond acceptors (Lipinski definition) is 5. The Kier molecular flexibility index (Phi) is 6.51. The van der Waals surface area contributed by atoms with Crippen molar-refractivity contribution in [2.45, 2.75) is 26.3 Å². The molecule has 25 heavy (non-hydrogen) atoms. The van der Waals surface area contributed by atoms with Gasteiger partial charge in [-0.25, -0.2) is 4.98 Å². The summed E-state index contributed by atoms with van der Waals surface area (Å²) in [5, 5.41) is 2.87. The Morgan fingerprint density at radius 3 is 2.44 bits per heavy atom. The van der Waals surface area contributed by atoms with E-state index in [-0.39, 0.29) is 12.3 Å². The molecule has 0 fully saturated rings. The number of aryl methyl sites for hydroxylation is 1. The van der Waals surface area contributed by atoms with Crippen molar-refractivity contribution < 1.29 is 19.1 Å². The first kappa shape index (κ1) is 18.4. The molecule has 1 N–H and O–H groups in total. The Labute approximate surface area is 147 Å². The molecule has 132 valence electrons. The van der Waals surface area contributed by atoms with Crippen LogP contribution in [-0.4, -0.2) is 30.6 Å². The van der Waals surface area contributed by atoms with E-state index < -0.39 is 12.0 Å². The molecular formula is C19H22N2O4. The summed E-state index contributed by atoms with van der Waals surface area (Å²) in [6.45, 7) is 4.34. The predicted molar refractivity (Wildman–Crippen MR) is 93.4 cm³/mol. The van der Waals surface area contributed by atoms with Crippen molar-refractivity contribution in [2.24, 2.45) is 0 Å². The van der Waals surface area contributed by atoms with Crippen molar-refractivity contribution in [3.8, 4) is 5.88 Å². The van der Waals surface area contributed by atoms with Gasteiger partial charge in [-0.1, -0.05) is 29.8 Å². The molecule has 0 unspecified atom stereocenters. The first-order valence-electron chi connectivity index (χ1n) is 8.06. The largest absolute Gasteiger partial charge is 0.478 e. The Hall–Kier alpha value is -2.89. The van der Waals surface area contributed by atoms with Crippen LogP contribution >= 0.6 is 0 Å². The lowest BCUT2D eigenvalue weighted by molar-refractivity contribution is -0.141. The van der Waals surface area contributed by atoms with Gasteiger partial charge >= 0.3 is 5.97 Å². The number of benzene rings is 1. The lowest BCUT2D eigenvalue weighted by Gasteiger charge is -2.18. The highest BCUT2D eigenvalue weighted by Crippen LogP contribution is 2.19. The zero-order valence-corrected chi connectivity index (χ0v) is 14.6. The number of amides is 1. The van der Waals surface area contributed by atoms with Gasteiger partial charge in [-0.3, -0.25) is 9.59 Å². The van der Waals surface area contributed by atoms with E-state index in [9.17, 15) is 9.59 Å². The summed E-state index contributed by atoms with van der Waals surface area (Å²) >= 11 is 0. The molecular weight excluding hydrogens is 320 g/mol. The van der Waals surface area contributed by atoms with Crippen molar-refractivity contribution >= 4 is 11.9 Å². The zero-order chi connectivity index (χ0) is 18.2. The second-order valence-electron chi connectivity index (χ2n) is 5.54. The quantitative estimate of drug-likeness (QED) is 0.783. The van der Waals surface area contributed by atoms with Crippen molar-refractivity contribution in [1.29, 1.82) is 0 Å². The molecule has 2 rings (SSSR count). The monoisotopic (exact) mass is 342 g/mol. The fourth-order valence-electron chi connectivity index (χ4n) is 2.29. The third kappa shape index (κ3) is 5.31. The molecule has 0 aliphatic carbocycles. The molecule has 1 amide bonds. The topological polar surface area (TPSA) is 77.5 Å². The highest BCUT2D eigenvalue weighted by molar-refractivity contribution is 5.94. The molecule has 0 radical (unpaired) electrons. The Morgan fingerprint density at radius 2 is 1.88 bits per heavy atom. The SMILES string of the molecule is CCOc1ccc(C(=O)N[C@@H](CC(=O)OC)c2ccc(C)cc2)cn1. The van der Waals surface area contributed by atoms with Crippen LogP contribution in [0.25, 0.3) is 0 Å². The molecule has 0 saturated heterocycles. The number of ether oxygens (including phenoxy) is 2. The predicted octanol–water partition coefficient (Wildman–Crippen LogP) is 2.82. The van der Waals surface area contributed by atoms with E-state index in [1.54, 1.807) is 12.1 Å². The molecule has 1 aromatic carbocycles. The number of carbonyl (C=O) groups excluding carboxylic acids is 2. The number of rotatable bonds is 7. The summed E-state index contributed by atoms with van der Waals surface area (Å²) in [5.41, 5.74) is 2.33. The maximum Gasteiger partial charge on any atom is 0.307 e. The minimum absolute atomic E-state index is 0.0513. The van der Waals surface area contributed by atoms with Crippen LogP contribution in [0.1, 0.15) is 40.9 Å². The van der Waals surface area contributed by atoms with Crippen LogP contribution in [0, 0.1) is 6.92 Å². The van der Waals surface area contributed by atoms with Gasteiger partial charge in [-0.15, -0.1) is 0 Å². The number of nitrogens with zero attached hydrogens (tertiary/aromatic N) is 1. The second-order valence-corrected chi connectivity index (χ2v) is 5.54. The fraction of sp³-hybridized carbons (Fsp3) is 0.316. The summed E-state index contributed by atoms with van der Waals surface area (Å²) in [5.74, 6) is -0.246. The minimum Gasteiger partial charge on any atom is -0.478 e. The molecule has 0 aliphatic heterocycles. The van der Waals surface area contributed by atoms with Crippen LogP contribution < -0.4 is 10.1 Å². The number of hydrogen-bond donors (Lipinski definition) is 1. The van der Waals surface area contributed by atoms with Gasteiger partial charge in [0.25, 0.3) is 5.91 Å². The molecule has 0 bridgehead atoms. The number of carbonyl (C=O) groups is 2. The number of methoxy groups -OCH3 is 1. The first-order chi connectivity index (χ1) is 12.0. The molecule has 6 heteroatoms. The van der Waals surface area contributed by atoms with Crippen molar-refractivity contribution in [2.75, 3.05) is 13.7 Å². The lowest BCUT2D eigenvalue weighted by Crippen LogP contribution is -2.30. The normalized spacial score (nSPS) is 11.5. The number of esters is 1. The fourth-order valence-corrected chi connectivity index (χ4v) is 2.29. The van der Waals surface area contributed by atoms with Gasteiger partial charge in [0, 0.05) is 12.3 Å². The van der Waals surface area contributed by atoms with Crippen LogP contribution in [0.5, 0.6) is 5.88 Å². The third-order valence-corrected chi connectivity index (χ3v) is 3.67. The lowest BCUT2D eigenvalue weighted by atomic mass is 10.0. The summed E-state index contributed by atoms with van der Waals surface area (Å²) in [6, 6.07) is 10.4. The van der Waals surface area contributed by atoms with Crippen molar-refractivity contribution in [3.05, 3.63) is 59.3 Å². The van der Waals surface area contributed by atoms with Gasteiger partial charge in [0.05, 0.1) is 31.7 Å². The highest BCUT2D eigenvalue weighted by atomic mass is 16.5. The molecule has 1 atom stereocenters. The Balaban J connectivity index is 2.15. The smallest absolute Gasteiger partial charge is 0.307 e. The summed E-state index contributed by atoms with van der Waals surface area (Å²) in [4.78, 5) is 28.3. The van der Waals surface area contributed by atoms with Gasteiger partial charge in [-0.05, 0) is 25.5 Å². The Morgan fingerprint density at radius 1 is 1.16 bits per heavy atom. The molecule has 6 nitrogen and oxygen atoms in total. The highest BCUT2D eigenvalue weighted by Gasteiger charge is 2.20. The first-order valence-corrected chi connectivity index (χ1v) is 8.06. The zero-order valence-electron chi connectivity index (χ0n) is 14.6. The number of pyridine rings is 1. The average molecular weight is 342 g/mol. The van der Waals surface area contributed by atoms with E-state index in [0.29, 0.717) is 18.1 Å². The van der Waals surface area contributed by atoms with Gasteiger partial charge in [0.15, 0.2) is 0 Å². The van der Waals surface area contributed by atoms with E-state index in [1.165, 1.54) is 13.3 Å². The van der Waals surface area contributed by atoms with Crippen LogP contribution in [0.4, 0.5) is 0 Å². The van der Waals surface area contributed by atoms with Crippen LogP contribution in [0.3, 0.4) is 0 Å². The molecule has 0 aliphatic rings. The van der Waals surface area contributed by atoms with E-state index >= 15 is 0 Å². The second kappa shape index (κ2) is 8.82. The third-order valence-electron chi connectivity index (χ3n) is 3.67. The average Bonchev–Trinajstić information content (AvgIpc) is 2.62. The Bertz CT molecular complexity index is 711. The maximum absolute atomic E-state index is 12.5. The standard InChI is InChI=1S/C19H22N2O4/c1-4-25-17-10-9-15(12-20-17)19(23)21-16(11-18(22)24-3)14-7-5-13(2)6-8-14/h5-10,12,16H,4,11H2,1-3H3,(H,21,23)/t16-/m0/s1.